The van der Waals surface area contributed by atoms with Gasteiger partial charge < -0.3 is 9.84 Å². The minimum atomic E-state index is -0.0413. The summed E-state index contributed by atoms with van der Waals surface area (Å²) in [5.74, 6) is 0.155. The Balaban J connectivity index is 1.55. The quantitative estimate of drug-likeness (QED) is 0.929. The molecule has 0 unspecified atom stereocenters. The Labute approximate surface area is 132 Å². The first-order chi connectivity index (χ1) is 10.6. The van der Waals surface area contributed by atoms with Gasteiger partial charge in [0.05, 0.1) is 5.69 Å². The number of aromatic nitrogens is 1. The standard InChI is InChI=1S/C17H27N3O2/c1-12(2)16-15(11-22-19-16)17(21)18-13-8-9-20(10-13)14-6-4-3-5-7-14/h11-14H,3-10H2,1-2H3,(H,18,21)/t13-/m0/s1. The molecule has 1 aliphatic heterocycles. The number of amides is 1. The van der Waals surface area contributed by atoms with Gasteiger partial charge in [0.15, 0.2) is 0 Å². The number of carbonyl (C=O) groups is 1. The fourth-order valence-electron chi connectivity index (χ4n) is 3.78. The smallest absolute Gasteiger partial charge is 0.256 e. The molecule has 2 aliphatic rings. The second-order valence-electron chi connectivity index (χ2n) is 7.01. The average molecular weight is 305 g/mol. The van der Waals surface area contributed by atoms with Gasteiger partial charge in [0.25, 0.3) is 5.91 Å². The van der Waals surface area contributed by atoms with E-state index in [-0.39, 0.29) is 17.9 Å². The van der Waals surface area contributed by atoms with E-state index in [9.17, 15) is 4.79 Å². The first-order valence-corrected chi connectivity index (χ1v) is 8.64. The summed E-state index contributed by atoms with van der Waals surface area (Å²) in [6.45, 7) is 6.14. The van der Waals surface area contributed by atoms with Gasteiger partial charge >= 0.3 is 0 Å². The van der Waals surface area contributed by atoms with Crippen LogP contribution in [0.3, 0.4) is 0 Å². The minimum Gasteiger partial charge on any atom is -0.364 e. The highest BCUT2D eigenvalue weighted by atomic mass is 16.5. The van der Waals surface area contributed by atoms with Crippen molar-refractivity contribution < 1.29 is 9.32 Å². The van der Waals surface area contributed by atoms with Crippen molar-refractivity contribution in [2.75, 3.05) is 13.1 Å². The fourth-order valence-corrected chi connectivity index (χ4v) is 3.78. The summed E-state index contributed by atoms with van der Waals surface area (Å²) in [5.41, 5.74) is 1.34. The molecule has 2 fully saturated rings. The predicted octanol–water partition coefficient (Wildman–Crippen LogP) is 2.93. The highest BCUT2D eigenvalue weighted by Crippen LogP contribution is 2.26. The van der Waals surface area contributed by atoms with Crippen molar-refractivity contribution in [1.29, 1.82) is 0 Å². The zero-order valence-corrected chi connectivity index (χ0v) is 13.7. The monoisotopic (exact) mass is 305 g/mol. The van der Waals surface area contributed by atoms with Gasteiger partial charge in [-0.1, -0.05) is 38.3 Å². The maximum absolute atomic E-state index is 12.4. The van der Waals surface area contributed by atoms with Gasteiger partial charge in [-0.15, -0.1) is 0 Å². The van der Waals surface area contributed by atoms with E-state index < -0.39 is 0 Å². The van der Waals surface area contributed by atoms with E-state index in [1.54, 1.807) is 0 Å². The summed E-state index contributed by atoms with van der Waals surface area (Å²) < 4.78 is 4.99. The lowest BCUT2D eigenvalue weighted by molar-refractivity contribution is 0.0933. The third kappa shape index (κ3) is 3.35. The van der Waals surface area contributed by atoms with E-state index in [2.05, 4.69) is 15.4 Å². The molecular weight excluding hydrogens is 278 g/mol. The Morgan fingerprint density at radius 1 is 1.32 bits per heavy atom. The molecule has 5 heteroatoms. The van der Waals surface area contributed by atoms with Gasteiger partial charge in [0.2, 0.25) is 0 Å². The van der Waals surface area contributed by atoms with Crippen molar-refractivity contribution in [3.05, 3.63) is 17.5 Å². The molecule has 1 N–H and O–H groups in total. The van der Waals surface area contributed by atoms with Gasteiger partial charge in [-0.3, -0.25) is 9.69 Å². The van der Waals surface area contributed by atoms with Crippen LogP contribution in [0.15, 0.2) is 10.8 Å². The van der Waals surface area contributed by atoms with Crippen molar-refractivity contribution in [3.63, 3.8) is 0 Å². The van der Waals surface area contributed by atoms with Gasteiger partial charge in [-0.25, -0.2) is 0 Å². The van der Waals surface area contributed by atoms with E-state index in [1.807, 2.05) is 13.8 Å². The van der Waals surface area contributed by atoms with E-state index in [0.717, 1.165) is 31.2 Å². The van der Waals surface area contributed by atoms with Crippen LogP contribution in [0.1, 0.15) is 74.3 Å². The third-order valence-electron chi connectivity index (χ3n) is 5.04. The summed E-state index contributed by atoms with van der Waals surface area (Å²) in [6, 6.07) is 0.988. The maximum Gasteiger partial charge on any atom is 0.256 e. The molecule has 1 atom stereocenters. The van der Waals surface area contributed by atoms with Crippen LogP contribution < -0.4 is 5.32 Å². The van der Waals surface area contributed by atoms with Crippen LogP contribution in [0, 0.1) is 0 Å². The van der Waals surface area contributed by atoms with Crippen molar-refractivity contribution in [1.82, 2.24) is 15.4 Å². The number of rotatable bonds is 4. The van der Waals surface area contributed by atoms with Crippen molar-refractivity contribution in [2.24, 2.45) is 0 Å². The molecule has 3 rings (SSSR count). The first-order valence-electron chi connectivity index (χ1n) is 8.64. The number of nitrogens with one attached hydrogen (secondary N) is 1. The average Bonchev–Trinajstić information content (AvgIpc) is 3.17. The topological polar surface area (TPSA) is 58.4 Å². The van der Waals surface area contributed by atoms with Crippen molar-refractivity contribution in [2.45, 2.75) is 70.4 Å². The Hall–Kier alpha value is -1.36. The molecule has 1 aromatic rings. The van der Waals surface area contributed by atoms with E-state index in [0.29, 0.717) is 5.56 Å². The highest BCUT2D eigenvalue weighted by molar-refractivity contribution is 5.95. The zero-order valence-electron chi connectivity index (χ0n) is 13.7. The van der Waals surface area contributed by atoms with Crippen molar-refractivity contribution in [3.8, 4) is 0 Å². The Kier molecular flexibility index (Phi) is 4.81. The maximum atomic E-state index is 12.4. The summed E-state index contributed by atoms with van der Waals surface area (Å²) in [6.07, 6.45) is 9.26. The number of nitrogens with zero attached hydrogens (tertiary/aromatic N) is 2. The molecule has 1 aromatic heterocycles. The molecule has 1 saturated heterocycles. The molecule has 22 heavy (non-hydrogen) atoms. The largest absolute Gasteiger partial charge is 0.364 e. The summed E-state index contributed by atoms with van der Waals surface area (Å²) >= 11 is 0. The summed E-state index contributed by atoms with van der Waals surface area (Å²) in [7, 11) is 0. The van der Waals surface area contributed by atoms with Crippen LogP contribution in [0.2, 0.25) is 0 Å². The van der Waals surface area contributed by atoms with Gasteiger partial charge in [-0.2, -0.15) is 0 Å². The van der Waals surface area contributed by atoms with Crippen LogP contribution >= 0.6 is 0 Å². The Bertz CT molecular complexity index is 506. The van der Waals surface area contributed by atoms with Gasteiger partial charge in [0, 0.05) is 25.2 Å². The molecule has 1 aliphatic carbocycles. The van der Waals surface area contributed by atoms with Crippen LogP contribution in [0.4, 0.5) is 0 Å². The second-order valence-corrected chi connectivity index (χ2v) is 7.01. The number of hydrogen-bond acceptors (Lipinski definition) is 4. The second kappa shape index (κ2) is 6.82. The Morgan fingerprint density at radius 2 is 2.09 bits per heavy atom. The lowest BCUT2D eigenvalue weighted by Gasteiger charge is -2.31. The first kappa shape index (κ1) is 15.5. The lowest BCUT2D eigenvalue weighted by Crippen LogP contribution is -2.40. The SMILES string of the molecule is CC(C)c1nocc1C(=O)N[C@H]1CCN(C2CCCCC2)C1. The molecule has 0 bridgehead atoms. The highest BCUT2D eigenvalue weighted by Gasteiger charge is 2.30. The zero-order chi connectivity index (χ0) is 15.5. The molecular formula is C17H27N3O2. The van der Waals surface area contributed by atoms with Crippen LogP contribution in [0.5, 0.6) is 0 Å². The van der Waals surface area contributed by atoms with E-state index in [1.165, 1.54) is 38.4 Å². The predicted molar refractivity (Wildman–Crippen MR) is 84.9 cm³/mol. The normalized spacial score (nSPS) is 24.0. The summed E-state index contributed by atoms with van der Waals surface area (Å²) in [4.78, 5) is 15.0. The van der Waals surface area contributed by atoms with Crippen LogP contribution in [0.25, 0.3) is 0 Å². The third-order valence-corrected chi connectivity index (χ3v) is 5.04. The van der Waals surface area contributed by atoms with Gasteiger partial charge in [0.1, 0.15) is 11.8 Å². The summed E-state index contributed by atoms with van der Waals surface area (Å²) in [5, 5.41) is 7.12. The van der Waals surface area contributed by atoms with Crippen molar-refractivity contribution >= 4 is 5.91 Å². The molecule has 0 spiro atoms. The Morgan fingerprint density at radius 3 is 2.82 bits per heavy atom. The number of hydrogen-bond donors (Lipinski definition) is 1. The number of likely N-dealkylation sites (tertiary alicyclic amines) is 1. The molecule has 0 radical (unpaired) electrons. The molecule has 122 valence electrons. The molecule has 1 amide bonds. The molecule has 0 aromatic carbocycles. The van der Waals surface area contributed by atoms with E-state index >= 15 is 0 Å². The lowest BCUT2D eigenvalue weighted by atomic mass is 9.94. The molecule has 2 heterocycles. The molecule has 5 nitrogen and oxygen atoms in total. The minimum absolute atomic E-state index is 0.0413. The van der Waals surface area contributed by atoms with Crippen LogP contribution in [-0.2, 0) is 0 Å². The van der Waals surface area contributed by atoms with Gasteiger partial charge in [-0.05, 0) is 25.2 Å². The number of carbonyl (C=O) groups excluding carboxylic acids is 1. The fraction of sp³-hybridized carbons (Fsp3) is 0.765. The molecule has 1 saturated carbocycles. The van der Waals surface area contributed by atoms with Crippen LogP contribution in [-0.4, -0.2) is 41.1 Å². The van der Waals surface area contributed by atoms with E-state index in [4.69, 9.17) is 4.52 Å².